The Bertz CT molecular complexity index is 250. The molecular formula is C18H35N. The molecule has 1 nitrogen and oxygen atoms in total. The Balaban J connectivity index is 1.96. The van der Waals surface area contributed by atoms with Crippen molar-refractivity contribution in [2.75, 3.05) is 6.54 Å². The summed E-state index contributed by atoms with van der Waals surface area (Å²) in [5.74, 6) is 3.90. The summed E-state index contributed by atoms with van der Waals surface area (Å²) >= 11 is 0. The van der Waals surface area contributed by atoms with Crippen molar-refractivity contribution >= 4 is 0 Å². The van der Waals surface area contributed by atoms with E-state index in [2.05, 4.69) is 26.1 Å². The van der Waals surface area contributed by atoms with E-state index in [0.717, 1.165) is 29.7 Å². The molecule has 2 aliphatic carbocycles. The maximum Gasteiger partial charge on any atom is 0.00979 e. The summed E-state index contributed by atoms with van der Waals surface area (Å²) in [5.41, 5.74) is 0. The van der Waals surface area contributed by atoms with Crippen molar-refractivity contribution in [2.24, 2.45) is 23.7 Å². The van der Waals surface area contributed by atoms with E-state index in [1.165, 1.54) is 64.3 Å². The molecule has 0 radical (unpaired) electrons. The predicted molar refractivity (Wildman–Crippen MR) is 84.3 cm³/mol. The Kier molecular flexibility index (Phi) is 6.19. The van der Waals surface area contributed by atoms with Crippen LogP contribution in [-0.2, 0) is 0 Å². The fourth-order valence-corrected chi connectivity index (χ4v) is 4.46. The van der Waals surface area contributed by atoms with Crippen LogP contribution < -0.4 is 5.32 Å². The molecule has 2 aliphatic rings. The summed E-state index contributed by atoms with van der Waals surface area (Å²) in [7, 11) is 0. The van der Waals surface area contributed by atoms with Crippen LogP contribution in [0.2, 0.25) is 0 Å². The average Bonchev–Trinajstić information content (AvgIpc) is 2.65. The molecule has 112 valence electrons. The van der Waals surface area contributed by atoms with Crippen LogP contribution >= 0.6 is 0 Å². The molecule has 0 bridgehead atoms. The summed E-state index contributed by atoms with van der Waals surface area (Å²) in [4.78, 5) is 0. The van der Waals surface area contributed by atoms with Crippen molar-refractivity contribution in [3.8, 4) is 0 Å². The zero-order chi connectivity index (χ0) is 13.7. The van der Waals surface area contributed by atoms with Gasteiger partial charge in [0.05, 0.1) is 0 Å². The smallest absolute Gasteiger partial charge is 0.00979 e. The van der Waals surface area contributed by atoms with Gasteiger partial charge in [0, 0.05) is 6.04 Å². The van der Waals surface area contributed by atoms with Gasteiger partial charge in [0.1, 0.15) is 0 Å². The lowest BCUT2D eigenvalue weighted by Crippen LogP contribution is -2.41. The van der Waals surface area contributed by atoms with Crippen LogP contribution in [0.25, 0.3) is 0 Å². The van der Waals surface area contributed by atoms with Crippen molar-refractivity contribution in [1.29, 1.82) is 0 Å². The first-order valence-corrected chi connectivity index (χ1v) is 8.95. The topological polar surface area (TPSA) is 12.0 Å². The molecule has 0 heterocycles. The van der Waals surface area contributed by atoms with Crippen LogP contribution in [0.3, 0.4) is 0 Å². The molecule has 0 aromatic rings. The molecular weight excluding hydrogens is 230 g/mol. The third-order valence-corrected chi connectivity index (χ3v) is 5.97. The Morgan fingerprint density at radius 1 is 0.895 bits per heavy atom. The molecule has 0 aliphatic heterocycles. The van der Waals surface area contributed by atoms with Gasteiger partial charge in [0.15, 0.2) is 0 Å². The normalized spacial score (nSPS) is 40.9. The zero-order valence-electron chi connectivity index (χ0n) is 13.5. The van der Waals surface area contributed by atoms with E-state index in [1.54, 1.807) is 0 Å². The van der Waals surface area contributed by atoms with Gasteiger partial charge in [0.25, 0.3) is 0 Å². The molecule has 0 aromatic carbocycles. The summed E-state index contributed by atoms with van der Waals surface area (Å²) < 4.78 is 0. The van der Waals surface area contributed by atoms with Crippen LogP contribution in [0, 0.1) is 23.7 Å². The quantitative estimate of drug-likeness (QED) is 0.705. The highest BCUT2D eigenvalue weighted by molar-refractivity contribution is 4.88. The molecule has 2 fully saturated rings. The minimum absolute atomic E-state index is 0.827. The van der Waals surface area contributed by atoms with E-state index in [4.69, 9.17) is 0 Å². The van der Waals surface area contributed by atoms with Gasteiger partial charge < -0.3 is 5.32 Å². The lowest BCUT2D eigenvalue weighted by molar-refractivity contribution is 0.125. The number of hydrogen-bond donors (Lipinski definition) is 1. The van der Waals surface area contributed by atoms with Crippen LogP contribution in [0.1, 0.15) is 78.6 Å². The van der Waals surface area contributed by atoms with Crippen molar-refractivity contribution in [1.82, 2.24) is 5.32 Å². The average molecular weight is 265 g/mol. The number of nitrogens with one attached hydrogen (secondary N) is 1. The van der Waals surface area contributed by atoms with Crippen LogP contribution in [0.15, 0.2) is 0 Å². The molecule has 0 amide bonds. The zero-order valence-corrected chi connectivity index (χ0v) is 13.5. The molecule has 1 N–H and O–H groups in total. The number of rotatable bonds is 4. The largest absolute Gasteiger partial charge is 0.314 e. The summed E-state index contributed by atoms with van der Waals surface area (Å²) in [5, 5.41) is 3.88. The van der Waals surface area contributed by atoms with Crippen molar-refractivity contribution in [3.63, 3.8) is 0 Å². The molecule has 0 saturated heterocycles. The van der Waals surface area contributed by atoms with E-state index >= 15 is 0 Å². The molecule has 5 atom stereocenters. The summed E-state index contributed by atoms with van der Waals surface area (Å²) in [6.45, 7) is 8.46. The van der Waals surface area contributed by atoms with Gasteiger partial charge in [-0.2, -0.15) is 0 Å². The standard InChI is InChI=1S/C18H35N/c1-4-12-19-18-9-7-5-6-8-17(18)16-11-10-14(2)15(3)13-16/h14-19H,4-13H2,1-3H3. The lowest BCUT2D eigenvalue weighted by atomic mass is 9.68. The van der Waals surface area contributed by atoms with Crippen molar-refractivity contribution in [2.45, 2.75) is 84.6 Å². The maximum absolute atomic E-state index is 3.88. The highest BCUT2D eigenvalue weighted by atomic mass is 14.9. The highest BCUT2D eigenvalue weighted by Crippen LogP contribution is 2.41. The first-order valence-electron chi connectivity index (χ1n) is 8.95. The minimum atomic E-state index is 0.827. The Labute approximate surface area is 120 Å². The van der Waals surface area contributed by atoms with E-state index < -0.39 is 0 Å². The Morgan fingerprint density at radius 3 is 2.42 bits per heavy atom. The summed E-state index contributed by atoms with van der Waals surface area (Å²) in [6, 6.07) is 0.827. The van der Waals surface area contributed by atoms with Gasteiger partial charge in [-0.1, -0.05) is 46.5 Å². The van der Waals surface area contributed by atoms with Crippen LogP contribution in [0.4, 0.5) is 0 Å². The van der Waals surface area contributed by atoms with Gasteiger partial charge in [-0.25, -0.2) is 0 Å². The molecule has 0 aromatic heterocycles. The SMILES string of the molecule is CCCNC1CCCCCC1C1CCC(C)C(C)C1. The molecule has 2 rings (SSSR count). The lowest BCUT2D eigenvalue weighted by Gasteiger charge is -2.40. The highest BCUT2D eigenvalue weighted by Gasteiger charge is 2.34. The molecule has 2 saturated carbocycles. The molecule has 1 heteroatoms. The van der Waals surface area contributed by atoms with Crippen molar-refractivity contribution in [3.05, 3.63) is 0 Å². The third kappa shape index (κ3) is 4.21. The van der Waals surface area contributed by atoms with Gasteiger partial charge >= 0.3 is 0 Å². The molecule has 0 spiro atoms. The van der Waals surface area contributed by atoms with Crippen LogP contribution in [-0.4, -0.2) is 12.6 Å². The van der Waals surface area contributed by atoms with E-state index in [9.17, 15) is 0 Å². The second-order valence-electron chi connectivity index (χ2n) is 7.39. The monoisotopic (exact) mass is 265 g/mol. The first-order chi connectivity index (χ1) is 9.22. The van der Waals surface area contributed by atoms with E-state index in [-0.39, 0.29) is 0 Å². The minimum Gasteiger partial charge on any atom is -0.314 e. The fourth-order valence-electron chi connectivity index (χ4n) is 4.46. The predicted octanol–water partition coefficient (Wildman–Crippen LogP) is 5.01. The van der Waals surface area contributed by atoms with Crippen molar-refractivity contribution < 1.29 is 0 Å². The fraction of sp³-hybridized carbons (Fsp3) is 1.00. The van der Waals surface area contributed by atoms with Gasteiger partial charge in [-0.05, 0) is 62.3 Å². The van der Waals surface area contributed by atoms with Gasteiger partial charge in [-0.15, -0.1) is 0 Å². The van der Waals surface area contributed by atoms with Gasteiger partial charge in [0.2, 0.25) is 0 Å². The molecule has 19 heavy (non-hydrogen) atoms. The van der Waals surface area contributed by atoms with Gasteiger partial charge in [-0.3, -0.25) is 0 Å². The second-order valence-corrected chi connectivity index (χ2v) is 7.39. The van der Waals surface area contributed by atoms with Crippen LogP contribution in [0.5, 0.6) is 0 Å². The van der Waals surface area contributed by atoms with E-state index in [0.29, 0.717) is 0 Å². The Hall–Kier alpha value is -0.0400. The number of hydrogen-bond acceptors (Lipinski definition) is 1. The first kappa shape index (κ1) is 15.4. The maximum atomic E-state index is 3.88. The second kappa shape index (κ2) is 7.67. The van der Waals surface area contributed by atoms with E-state index in [1.807, 2.05) is 0 Å². The summed E-state index contributed by atoms with van der Waals surface area (Å²) in [6.07, 6.45) is 13.1. The Morgan fingerprint density at radius 2 is 1.68 bits per heavy atom. The third-order valence-electron chi connectivity index (χ3n) is 5.97. The molecule has 5 unspecified atom stereocenters.